The smallest absolute Gasteiger partial charge is 0.165 e. The first-order valence-corrected chi connectivity index (χ1v) is 16.7. The molecule has 0 saturated carbocycles. The number of aromatic nitrogens is 4. The highest BCUT2D eigenvalue weighted by atomic mass is 32.1. The van der Waals surface area contributed by atoms with Gasteiger partial charge in [-0.2, -0.15) is 0 Å². The van der Waals surface area contributed by atoms with Gasteiger partial charge in [0.1, 0.15) is 5.01 Å². The third-order valence-corrected chi connectivity index (χ3v) is 10.5. The lowest BCUT2D eigenvalue weighted by Gasteiger charge is -2.09. The fraction of sp³-hybridized carbons (Fsp3) is 0. The third-order valence-electron chi connectivity index (χ3n) is 8.20. The van der Waals surface area contributed by atoms with E-state index in [9.17, 15) is 0 Å². The highest BCUT2D eigenvalue weighted by Crippen LogP contribution is 2.48. The van der Waals surface area contributed by atoms with Crippen molar-refractivity contribution in [3.8, 4) is 55.9 Å². The lowest BCUT2D eigenvalue weighted by molar-refractivity contribution is 1.08. The zero-order chi connectivity index (χ0) is 30.5. The summed E-state index contributed by atoms with van der Waals surface area (Å²) >= 11 is 3.54. The number of thiophene rings is 1. The van der Waals surface area contributed by atoms with Gasteiger partial charge in [0.25, 0.3) is 0 Å². The summed E-state index contributed by atoms with van der Waals surface area (Å²) in [6.45, 7) is 0. The largest absolute Gasteiger partial charge is 0.236 e. The second-order valence-electron chi connectivity index (χ2n) is 11.0. The summed E-state index contributed by atoms with van der Waals surface area (Å²) in [5, 5.41) is 3.41. The molecule has 0 unspecified atom stereocenters. The van der Waals surface area contributed by atoms with Crippen molar-refractivity contribution in [1.82, 2.24) is 19.9 Å². The Hall–Kier alpha value is -5.56. The molecule has 0 spiro atoms. The average molecular weight is 625 g/mol. The fourth-order valence-electron chi connectivity index (χ4n) is 6.02. The lowest BCUT2D eigenvalue weighted by Crippen LogP contribution is -2.00. The van der Waals surface area contributed by atoms with Crippen molar-refractivity contribution in [2.24, 2.45) is 0 Å². The summed E-state index contributed by atoms with van der Waals surface area (Å²) in [5.41, 5.74) is 7.45. The number of benzene rings is 6. The van der Waals surface area contributed by atoms with Gasteiger partial charge in [0.05, 0.1) is 10.2 Å². The third kappa shape index (κ3) is 4.58. The van der Waals surface area contributed by atoms with E-state index in [0.717, 1.165) is 31.9 Å². The van der Waals surface area contributed by atoms with E-state index in [4.69, 9.17) is 19.9 Å². The van der Waals surface area contributed by atoms with E-state index in [0.29, 0.717) is 17.5 Å². The van der Waals surface area contributed by atoms with Gasteiger partial charge in [-0.05, 0) is 29.3 Å². The molecular formula is C40H24N4S2. The molecule has 9 aromatic rings. The number of para-hydroxylation sites is 1. The molecule has 0 aliphatic heterocycles. The summed E-state index contributed by atoms with van der Waals surface area (Å²) in [5.74, 6) is 1.97. The van der Waals surface area contributed by atoms with Crippen LogP contribution in [-0.2, 0) is 0 Å². The molecule has 6 aromatic carbocycles. The second kappa shape index (κ2) is 11.1. The van der Waals surface area contributed by atoms with Gasteiger partial charge in [-0.25, -0.2) is 19.9 Å². The Kier molecular flexibility index (Phi) is 6.47. The molecule has 216 valence electrons. The molecule has 0 amide bonds. The van der Waals surface area contributed by atoms with Crippen LogP contribution in [0.4, 0.5) is 0 Å². The van der Waals surface area contributed by atoms with Crippen LogP contribution >= 0.6 is 22.7 Å². The van der Waals surface area contributed by atoms with Crippen molar-refractivity contribution < 1.29 is 0 Å². The maximum Gasteiger partial charge on any atom is 0.165 e. The van der Waals surface area contributed by atoms with Crippen LogP contribution in [0, 0.1) is 0 Å². The Bertz CT molecular complexity index is 2430. The molecule has 0 radical (unpaired) electrons. The van der Waals surface area contributed by atoms with Crippen LogP contribution in [0.15, 0.2) is 146 Å². The summed E-state index contributed by atoms with van der Waals surface area (Å²) in [6, 6.07) is 50.2. The normalized spacial score (nSPS) is 11.5. The van der Waals surface area contributed by atoms with Crippen LogP contribution in [0.1, 0.15) is 0 Å². The molecule has 0 bridgehead atoms. The topological polar surface area (TPSA) is 51.6 Å². The van der Waals surface area contributed by atoms with Gasteiger partial charge in [-0.1, -0.05) is 127 Å². The molecule has 0 aliphatic carbocycles. The highest BCUT2D eigenvalue weighted by molar-refractivity contribution is 7.27. The molecule has 9 rings (SSSR count). The summed E-state index contributed by atoms with van der Waals surface area (Å²) in [7, 11) is 0. The average Bonchev–Trinajstić information content (AvgIpc) is 3.74. The minimum absolute atomic E-state index is 0.657. The van der Waals surface area contributed by atoms with Crippen LogP contribution in [0.25, 0.3) is 86.3 Å². The monoisotopic (exact) mass is 624 g/mol. The van der Waals surface area contributed by atoms with E-state index in [1.807, 2.05) is 60.7 Å². The van der Waals surface area contributed by atoms with Crippen molar-refractivity contribution in [3.05, 3.63) is 146 Å². The maximum atomic E-state index is 5.15. The minimum atomic E-state index is 0.657. The number of hydrogen-bond acceptors (Lipinski definition) is 6. The Balaban J connectivity index is 1.32. The van der Waals surface area contributed by atoms with Crippen molar-refractivity contribution in [3.63, 3.8) is 0 Å². The van der Waals surface area contributed by atoms with Crippen LogP contribution in [0.2, 0.25) is 0 Å². The molecule has 0 aliphatic rings. The van der Waals surface area contributed by atoms with Crippen LogP contribution < -0.4 is 0 Å². The summed E-state index contributed by atoms with van der Waals surface area (Å²) in [6.07, 6.45) is 0. The summed E-state index contributed by atoms with van der Waals surface area (Å²) in [4.78, 5) is 20.2. The van der Waals surface area contributed by atoms with Gasteiger partial charge >= 0.3 is 0 Å². The zero-order valence-corrected chi connectivity index (χ0v) is 26.1. The van der Waals surface area contributed by atoms with E-state index in [1.54, 1.807) is 22.7 Å². The van der Waals surface area contributed by atoms with Gasteiger partial charge in [-0.15, -0.1) is 22.7 Å². The number of fused-ring (bicyclic) bond motifs is 4. The van der Waals surface area contributed by atoms with Gasteiger partial charge in [0.15, 0.2) is 17.5 Å². The van der Waals surface area contributed by atoms with Crippen molar-refractivity contribution in [2.45, 2.75) is 0 Å². The molecule has 3 aromatic heterocycles. The Morgan fingerprint density at radius 3 is 1.63 bits per heavy atom. The van der Waals surface area contributed by atoms with Gasteiger partial charge < -0.3 is 0 Å². The second-order valence-corrected chi connectivity index (χ2v) is 13.1. The number of hydrogen-bond donors (Lipinski definition) is 0. The van der Waals surface area contributed by atoms with Crippen LogP contribution in [0.3, 0.4) is 0 Å². The molecule has 0 N–H and O–H groups in total. The molecule has 4 nitrogen and oxygen atoms in total. The van der Waals surface area contributed by atoms with Gasteiger partial charge in [0, 0.05) is 42.4 Å². The molecule has 3 heterocycles. The first kappa shape index (κ1) is 26.8. The fourth-order valence-corrected chi connectivity index (χ4v) is 8.47. The van der Waals surface area contributed by atoms with E-state index in [2.05, 4.69) is 84.9 Å². The lowest BCUT2D eigenvalue weighted by atomic mass is 9.97. The SMILES string of the molecule is c1ccc(-c2nc(-c3ccccc3)nc(-c3cccc4c3sc3c(-c5nc6ccccc6s5)c(-c5ccccc5)ccc34)n2)cc1. The Labute approximate surface area is 273 Å². The summed E-state index contributed by atoms with van der Waals surface area (Å²) < 4.78 is 3.54. The van der Waals surface area contributed by atoms with Crippen LogP contribution in [-0.4, -0.2) is 19.9 Å². The predicted octanol–water partition coefficient (Wildman–Crippen LogP) is 11.2. The van der Waals surface area contributed by atoms with Crippen LogP contribution in [0.5, 0.6) is 0 Å². The van der Waals surface area contributed by atoms with Gasteiger partial charge in [0.2, 0.25) is 0 Å². The predicted molar refractivity (Wildman–Crippen MR) is 193 cm³/mol. The molecule has 0 saturated heterocycles. The first-order valence-electron chi connectivity index (χ1n) is 15.1. The quantitative estimate of drug-likeness (QED) is 0.191. The standard InChI is InChI=1S/C40H24N4S2/c1-4-13-25(14-5-1)28-23-24-30-29-19-12-20-31(35(29)46-36(30)34(28)40-41-32-21-10-11-22-33(32)45-40)39-43-37(26-15-6-2-7-16-26)42-38(44-39)27-17-8-3-9-18-27/h1-24H. The molecule has 46 heavy (non-hydrogen) atoms. The first-order chi connectivity index (χ1) is 22.8. The van der Waals surface area contributed by atoms with E-state index in [1.165, 1.54) is 36.9 Å². The molecule has 0 fully saturated rings. The van der Waals surface area contributed by atoms with Crippen molar-refractivity contribution in [1.29, 1.82) is 0 Å². The molecular weight excluding hydrogens is 601 g/mol. The maximum absolute atomic E-state index is 5.15. The van der Waals surface area contributed by atoms with Gasteiger partial charge in [-0.3, -0.25) is 0 Å². The molecule has 6 heteroatoms. The molecule has 0 atom stereocenters. The van der Waals surface area contributed by atoms with Crippen molar-refractivity contribution in [2.75, 3.05) is 0 Å². The van der Waals surface area contributed by atoms with Crippen molar-refractivity contribution >= 4 is 53.1 Å². The van der Waals surface area contributed by atoms with E-state index in [-0.39, 0.29) is 0 Å². The van der Waals surface area contributed by atoms with E-state index >= 15 is 0 Å². The Morgan fingerprint density at radius 2 is 0.957 bits per heavy atom. The number of nitrogens with zero attached hydrogens (tertiary/aromatic N) is 4. The minimum Gasteiger partial charge on any atom is -0.236 e. The Morgan fingerprint density at radius 1 is 0.370 bits per heavy atom. The number of thiazole rings is 1. The zero-order valence-electron chi connectivity index (χ0n) is 24.5. The number of rotatable bonds is 5. The highest BCUT2D eigenvalue weighted by Gasteiger charge is 2.21. The van der Waals surface area contributed by atoms with E-state index < -0.39 is 0 Å².